The van der Waals surface area contributed by atoms with Crippen LogP contribution < -0.4 is 10.2 Å². The molecule has 148 valence electrons. The largest absolute Gasteiger partial charge is 0.504 e. The topological polar surface area (TPSA) is 132 Å². The molecule has 1 amide bonds. The van der Waals surface area contributed by atoms with Crippen molar-refractivity contribution in [1.29, 1.82) is 0 Å². The second-order valence-electron chi connectivity index (χ2n) is 5.90. The van der Waals surface area contributed by atoms with Crippen LogP contribution in [0.4, 0.5) is 5.69 Å². The van der Waals surface area contributed by atoms with E-state index in [-0.39, 0.29) is 23.7 Å². The van der Waals surface area contributed by atoms with Gasteiger partial charge in [0.25, 0.3) is 5.91 Å². The molecule has 0 fully saturated rings. The number of benzene rings is 2. The van der Waals surface area contributed by atoms with Crippen molar-refractivity contribution < 1.29 is 19.6 Å². The van der Waals surface area contributed by atoms with Crippen molar-refractivity contribution in [3.8, 4) is 11.5 Å². The number of phenols is 1. The summed E-state index contributed by atoms with van der Waals surface area (Å²) in [5, 5.41) is 29.0. The smallest absolute Gasteiger partial charge is 0.320 e. The summed E-state index contributed by atoms with van der Waals surface area (Å²) in [6, 6.07) is 14.0. The first-order valence-electron chi connectivity index (χ1n) is 8.44. The highest BCUT2D eigenvalue weighted by Crippen LogP contribution is 2.28. The lowest BCUT2D eigenvalue weighted by molar-refractivity contribution is -0.385. The zero-order valence-corrected chi connectivity index (χ0v) is 15.3. The molecule has 3 rings (SSSR count). The van der Waals surface area contributed by atoms with Crippen LogP contribution in [0, 0.1) is 10.1 Å². The molecule has 0 aliphatic rings. The zero-order valence-electron chi connectivity index (χ0n) is 15.3. The molecule has 0 bridgehead atoms. The van der Waals surface area contributed by atoms with E-state index in [1.54, 1.807) is 18.2 Å². The molecular weight excluding hydrogens is 378 g/mol. The number of nitro groups is 1. The number of nitrogens with zero attached hydrogens (tertiary/aromatic N) is 4. The van der Waals surface area contributed by atoms with E-state index in [0.29, 0.717) is 5.56 Å². The molecule has 0 saturated carbocycles. The maximum absolute atomic E-state index is 12.3. The minimum atomic E-state index is -0.845. The number of amides is 1. The molecule has 29 heavy (non-hydrogen) atoms. The summed E-state index contributed by atoms with van der Waals surface area (Å²) >= 11 is 0. The lowest BCUT2D eigenvalue weighted by Gasteiger charge is -2.04. The summed E-state index contributed by atoms with van der Waals surface area (Å²) in [4.78, 5) is 23.0. The van der Waals surface area contributed by atoms with Crippen molar-refractivity contribution in [1.82, 2.24) is 15.2 Å². The average Bonchev–Trinajstić information content (AvgIpc) is 3.14. The van der Waals surface area contributed by atoms with Gasteiger partial charge in [0.1, 0.15) is 6.20 Å². The number of aromatic nitrogens is 2. The van der Waals surface area contributed by atoms with Crippen LogP contribution in [0.25, 0.3) is 0 Å². The Morgan fingerprint density at radius 3 is 2.76 bits per heavy atom. The maximum atomic E-state index is 12.3. The highest BCUT2D eigenvalue weighted by molar-refractivity contribution is 5.96. The molecular formula is C19H17N5O5. The Morgan fingerprint density at radius 2 is 2.07 bits per heavy atom. The van der Waals surface area contributed by atoms with E-state index in [9.17, 15) is 20.0 Å². The fourth-order valence-corrected chi connectivity index (χ4v) is 2.58. The third-order valence-corrected chi connectivity index (χ3v) is 3.96. The highest BCUT2D eigenvalue weighted by atomic mass is 16.6. The Morgan fingerprint density at radius 1 is 1.31 bits per heavy atom. The molecule has 0 atom stereocenters. The number of aromatic hydroxyl groups is 1. The summed E-state index contributed by atoms with van der Waals surface area (Å²) in [7, 11) is 1.41. The van der Waals surface area contributed by atoms with Crippen LogP contribution in [0.2, 0.25) is 0 Å². The van der Waals surface area contributed by atoms with Gasteiger partial charge in [-0.15, -0.1) is 0 Å². The number of ether oxygens (including phenoxy) is 1. The predicted molar refractivity (Wildman–Crippen MR) is 104 cm³/mol. The van der Waals surface area contributed by atoms with E-state index >= 15 is 0 Å². The van der Waals surface area contributed by atoms with Crippen LogP contribution in [0.5, 0.6) is 11.5 Å². The molecule has 2 aromatic carbocycles. The van der Waals surface area contributed by atoms with Crippen molar-refractivity contribution in [2.24, 2.45) is 5.10 Å². The minimum Gasteiger partial charge on any atom is -0.504 e. The first-order valence-corrected chi connectivity index (χ1v) is 8.44. The number of phenolic OH excluding ortho intramolecular Hbond substituents is 1. The molecule has 10 heteroatoms. The van der Waals surface area contributed by atoms with Gasteiger partial charge in [-0.05, 0) is 17.7 Å². The first kappa shape index (κ1) is 19.5. The molecule has 10 nitrogen and oxygen atoms in total. The first-order chi connectivity index (χ1) is 14.0. The lowest BCUT2D eigenvalue weighted by atomic mass is 10.2. The predicted octanol–water partition coefficient (Wildman–Crippen LogP) is 2.32. The Kier molecular flexibility index (Phi) is 5.83. The van der Waals surface area contributed by atoms with Gasteiger partial charge < -0.3 is 9.84 Å². The molecule has 0 spiro atoms. The van der Waals surface area contributed by atoms with Crippen LogP contribution in [0.15, 0.2) is 59.8 Å². The molecule has 1 aromatic heterocycles. The van der Waals surface area contributed by atoms with Crippen LogP contribution in [0.1, 0.15) is 21.6 Å². The summed E-state index contributed by atoms with van der Waals surface area (Å²) < 4.78 is 6.31. The average molecular weight is 395 g/mol. The van der Waals surface area contributed by atoms with E-state index < -0.39 is 16.5 Å². The van der Waals surface area contributed by atoms with E-state index in [1.807, 2.05) is 30.3 Å². The highest BCUT2D eigenvalue weighted by Gasteiger charge is 2.25. The van der Waals surface area contributed by atoms with Crippen LogP contribution in [-0.2, 0) is 6.54 Å². The van der Waals surface area contributed by atoms with E-state index in [0.717, 1.165) is 5.56 Å². The van der Waals surface area contributed by atoms with Crippen molar-refractivity contribution in [3.63, 3.8) is 0 Å². The Balaban J connectivity index is 1.77. The number of hydrogen-bond donors (Lipinski definition) is 2. The summed E-state index contributed by atoms with van der Waals surface area (Å²) in [6.07, 6.45) is 2.39. The SMILES string of the molecule is COc1cccc(C=NNC(=O)c2nn(Cc3ccccc3)cc2[N+](=O)[O-])c1O. The number of rotatable bonds is 7. The van der Waals surface area contributed by atoms with Crippen molar-refractivity contribution >= 4 is 17.8 Å². The molecule has 3 aromatic rings. The summed E-state index contributed by atoms with van der Waals surface area (Å²) in [6.45, 7) is 0.274. The number of hydrazone groups is 1. The normalized spacial score (nSPS) is 10.8. The molecule has 1 heterocycles. The lowest BCUT2D eigenvalue weighted by Crippen LogP contribution is -2.19. The minimum absolute atomic E-state index is 0.147. The number of methoxy groups -OCH3 is 1. The molecule has 0 aliphatic heterocycles. The van der Waals surface area contributed by atoms with Crippen molar-refractivity contribution in [2.45, 2.75) is 6.54 Å². The van der Waals surface area contributed by atoms with Gasteiger partial charge in [0.15, 0.2) is 11.5 Å². The van der Waals surface area contributed by atoms with Gasteiger partial charge >= 0.3 is 5.69 Å². The number of para-hydroxylation sites is 1. The number of nitrogens with one attached hydrogen (secondary N) is 1. The fourth-order valence-electron chi connectivity index (χ4n) is 2.58. The number of hydrogen-bond acceptors (Lipinski definition) is 7. The van der Waals surface area contributed by atoms with Gasteiger partial charge in [-0.1, -0.05) is 36.4 Å². The van der Waals surface area contributed by atoms with Gasteiger partial charge in [-0.2, -0.15) is 10.2 Å². The molecule has 0 unspecified atom stereocenters. The van der Waals surface area contributed by atoms with Crippen LogP contribution in [-0.4, -0.2) is 39.0 Å². The number of carbonyl (C=O) groups is 1. The van der Waals surface area contributed by atoms with Gasteiger partial charge in [-0.3, -0.25) is 19.6 Å². The van der Waals surface area contributed by atoms with Gasteiger partial charge in [0.05, 0.1) is 24.8 Å². The zero-order chi connectivity index (χ0) is 20.8. The summed E-state index contributed by atoms with van der Waals surface area (Å²) in [5.74, 6) is -0.746. The quantitative estimate of drug-likeness (QED) is 0.358. The Bertz CT molecular complexity index is 1060. The van der Waals surface area contributed by atoms with E-state index in [1.165, 1.54) is 24.2 Å². The second kappa shape index (κ2) is 8.65. The van der Waals surface area contributed by atoms with Crippen molar-refractivity contribution in [2.75, 3.05) is 7.11 Å². The second-order valence-corrected chi connectivity index (χ2v) is 5.90. The third-order valence-electron chi connectivity index (χ3n) is 3.96. The number of carbonyl (C=O) groups excluding carboxylic acids is 1. The van der Waals surface area contributed by atoms with Crippen molar-refractivity contribution in [3.05, 3.63) is 81.7 Å². The van der Waals surface area contributed by atoms with Gasteiger partial charge in [-0.25, -0.2) is 5.43 Å². The fraction of sp³-hybridized carbons (Fsp3) is 0.105. The Hall–Kier alpha value is -4.21. The van der Waals surface area contributed by atoms with Crippen LogP contribution in [0.3, 0.4) is 0 Å². The van der Waals surface area contributed by atoms with E-state index in [2.05, 4.69) is 15.6 Å². The standard InChI is InChI=1S/C19H17N5O5/c1-29-16-9-5-8-14(18(16)25)10-20-21-19(26)17-15(24(27)28)12-23(22-17)11-13-6-3-2-4-7-13/h2-10,12,25H,11H2,1H3,(H,21,26). The van der Waals surface area contributed by atoms with E-state index in [4.69, 9.17) is 4.74 Å². The van der Waals surface area contributed by atoms with Gasteiger partial charge in [0.2, 0.25) is 5.69 Å². The third kappa shape index (κ3) is 4.56. The monoisotopic (exact) mass is 395 g/mol. The molecule has 0 aliphatic carbocycles. The molecule has 0 radical (unpaired) electrons. The van der Waals surface area contributed by atoms with Gasteiger partial charge in [0, 0.05) is 5.56 Å². The molecule has 0 saturated heterocycles. The summed E-state index contributed by atoms with van der Waals surface area (Å²) in [5.41, 5.74) is 2.57. The Labute approximate surface area is 165 Å². The molecule has 2 N–H and O–H groups in total. The van der Waals surface area contributed by atoms with Crippen LogP contribution >= 0.6 is 0 Å². The maximum Gasteiger partial charge on any atom is 0.320 e.